The van der Waals surface area contributed by atoms with Crippen LogP contribution in [0.15, 0.2) is 72.1 Å². The smallest absolute Gasteiger partial charge is 0.248 e. The van der Waals surface area contributed by atoms with Crippen molar-refractivity contribution in [1.82, 2.24) is 25.1 Å². The molecule has 1 unspecified atom stereocenters. The van der Waals surface area contributed by atoms with Crippen LogP contribution in [0.3, 0.4) is 0 Å². The van der Waals surface area contributed by atoms with Crippen molar-refractivity contribution in [3.8, 4) is 11.3 Å². The molecule has 0 aliphatic heterocycles. The van der Waals surface area contributed by atoms with Crippen molar-refractivity contribution in [1.29, 1.82) is 0 Å². The molecule has 5 aromatic rings. The topological polar surface area (TPSA) is 104 Å². The number of hydrogen-bond acceptors (Lipinski definition) is 5. The monoisotopic (exact) mass is 403 g/mol. The van der Waals surface area contributed by atoms with E-state index in [9.17, 15) is 8.42 Å². The molecule has 8 heteroatoms. The van der Waals surface area contributed by atoms with Gasteiger partial charge in [0, 0.05) is 23.3 Å². The fraction of sp³-hybridized carbons (Fsp3) is 0.0952. The SMILES string of the molecule is CC(c1ccccc1)S(=O)(=O)c1nc2cc3[nH][nH]c(-c4ccncc4)c3cc2n1. The Morgan fingerprint density at radius 3 is 2.31 bits per heavy atom. The number of aromatic nitrogens is 5. The van der Waals surface area contributed by atoms with Crippen LogP contribution in [0, 0.1) is 0 Å². The number of pyridine rings is 1. The Kier molecular flexibility index (Phi) is 3.95. The lowest BCUT2D eigenvalue weighted by Gasteiger charge is -2.10. The quantitative estimate of drug-likeness (QED) is 0.471. The number of sulfone groups is 1. The van der Waals surface area contributed by atoms with Crippen molar-refractivity contribution in [2.75, 3.05) is 0 Å². The van der Waals surface area contributed by atoms with Gasteiger partial charge in [0.1, 0.15) is 0 Å². The Morgan fingerprint density at radius 2 is 1.59 bits per heavy atom. The van der Waals surface area contributed by atoms with Gasteiger partial charge in [-0.15, -0.1) is 0 Å². The van der Waals surface area contributed by atoms with E-state index in [2.05, 4.69) is 25.1 Å². The number of imidazole rings is 1. The predicted octanol–water partition coefficient (Wildman–Crippen LogP) is 4.04. The molecule has 0 saturated carbocycles. The maximum Gasteiger partial charge on any atom is 0.248 e. The number of H-pyrrole nitrogens is 2. The van der Waals surface area contributed by atoms with Crippen LogP contribution in [-0.2, 0) is 9.84 Å². The molecular formula is C21H17N5O2S. The van der Waals surface area contributed by atoms with Crippen molar-refractivity contribution in [2.24, 2.45) is 0 Å². The lowest BCUT2D eigenvalue weighted by atomic mass is 10.1. The molecule has 7 nitrogen and oxygen atoms in total. The molecule has 0 bridgehead atoms. The third-order valence-corrected chi connectivity index (χ3v) is 6.99. The molecule has 144 valence electrons. The summed E-state index contributed by atoms with van der Waals surface area (Å²) in [5, 5.41) is 6.29. The zero-order valence-electron chi connectivity index (χ0n) is 15.5. The highest BCUT2D eigenvalue weighted by molar-refractivity contribution is 7.91. The van der Waals surface area contributed by atoms with E-state index in [1.165, 1.54) is 0 Å². The molecule has 0 aliphatic carbocycles. The summed E-state index contributed by atoms with van der Waals surface area (Å²) in [5.41, 5.74) is 4.46. The van der Waals surface area contributed by atoms with Crippen molar-refractivity contribution in [3.63, 3.8) is 0 Å². The van der Waals surface area contributed by atoms with Crippen molar-refractivity contribution >= 4 is 31.8 Å². The van der Waals surface area contributed by atoms with E-state index in [4.69, 9.17) is 0 Å². The maximum absolute atomic E-state index is 13.1. The van der Waals surface area contributed by atoms with E-state index in [0.29, 0.717) is 16.6 Å². The molecule has 0 fully saturated rings. The summed E-state index contributed by atoms with van der Waals surface area (Å²) in [7, 11) is -3.71. The molecule has 29 heavy (non-hydrogen) atoms. The zero-order chi connectivity index (χ0) is 20.0. The average Bonchev–Trinajstić information content (AvgIpc) is 3.36. The molecule has 2 N–H and O–H groups in total. The number of aromatic amines is 2. The molecular weight excluding hydrogens is 386 g/mol. The van der Waals surface area contributed by atoms with Crippen LogP contribution in [0.25, 0.3) is 33.2 Å². The summed E-state index contributed by atoms with van der Waals surface area (Å²) in [6.07, 6.45) is 3.44. The van der Waals surface area contributed by atoms with Crippen LogP contribution in [-0.4, -0.2) is 33.6 Å². The highest BCUT2D eigenvalue weighted by Crippen LogP contribution is 2.31. The van der Waals surface area contributed by atoms with E-state index in [0.717, 1.165) is 22.2 Å². The van der Waals surface area contributed by atoms with E-state index in [1.54, 1.807) is 31.5 Å². The number of rotatable bonds is 4. The molecule has 2 aromatic carbocycles. The second-order valence-electron chi connectivity index (χ2n) is 6.85. The van der Waals surface area contributed by atoms with Gasteiger partial charge in [-0.2, -0.15) is 0 Å². The predicted molar refractivity (Wildman–Crippen MR) is 111 cm³/mol. The summed E-state index contributed by atoms with van der Waals surface area (Å²) in [5.74, 6) is 0. The fourth-order valence-corrected chi connectivity index (χ4v) is 4.71. The van der Waals surface area contributed by atoms with Crippen molar-refractivity contribution < 1.29 is 8.42 Å². The fourth-order valence-electron chi connectivity index (χ4n) is 3.43. The number of fused-ring (bicyclic) bond motifs is 2. The first-order valence-electron chi connectivity index (χ1n) is 9.11. The minimum Gasteiger partial charge on any atom is -0.300 e. The van der Waals surface area contributed by atoms with Crippen LogP contribution in [0.1, 0.15) is 17.7 Å². The van der Waals surface area contributed by atoms with Gasteiger partial charge in [-0.05, 0) is 36.8 Å². The molecule has 0 saturated heterocycles. The highest BCUT2D eigenvalue weighted by atomic mass is 32.2. The number of nitrogens with one attached hydrogen (secondary N) is 2. The summed E-state index contributed by atoms with van der Waals surface area (Å²) < 4.78 is 26.2. The summed E-state index contributed by atoms with van der Waals surface area (Å²) in [6, 6.07) is 16.6. The molecule has 0 spiro atoms. The van der Waals surface area contributed by atoms with Crippen molar-refractivity contribution in [2.45, 2.75) is 17.3 Å². The molecule has 3 heterocycles. The van der Waals surface area contributed by atoms with Gasteiger partial charge in [0.15, 0.2) is 0 Å². The van der Waals surface area contributed by atoms with Crippen molar-refractivity contribution in [3.05, 3.63) is 72.6 Å². The zero-order valence-corrected chi connectivity index (χ0v) is 16.3. The van der Waals surface area contributed by atoms with E-state index < -0.39 is 15.1 Å². The molecule has 5 rings (SSSR count). The Balaban J connectivity index is 1.62. The maximum atomic E-state index is 13.1. The lowest BCUT2D eigenvalue weighted by molar-refractivity contribution is 0.579. The number of benzene rings is 2. The molecule has 0 aliphatic rings. The number of hydrogen-bond donors (Lipinski definition) is 2. The van der Waals surface area contributed by atoms with Gasteiger partial charge in [0.25, 0.3) is 0 Å². The number of nitrogens with zero attached hydrogens (tertiary/aromatic N) is 3. The van der Waals surface area contributed by atoms with Gasteiger partial charge in [-0.1, -0.05) is 30.3 Å². The normalized spacial score (nSPS) is 13.1. The van der Waals surface area contributed by atoms with Gasteiger partial charge in [-0.3, -0.25) is 10.1 Å². The van der Waals surface area contributed by atoms with Crippen LogP contribution in [0.5, 0.6) is 0 Å². The van der Waals surface area contributed by atoms with E-state index in [1.807, 2.05) is 42.5 Å². The standard InChI is InChI=1S/C21H17N5O2S/c1-13(14-5-3-2-4-6-14)29(27,28)21-23-18-11-16-17(12-19(18)24-21)25-26-20(16)15-7-9-22-10-8-15/h2-13,25-26H,1H3. The third-order valence-electron chi connectivity index (χ3n) is 5.10. The summed E-state index contributed by atoms with van der Waals surface area (Å²) in [4.78, 5) is 12.7. The largest absolute Gasteiger partial charge is 0.300 e. The minimum absolute atomic E-state index is 0.147. The van der Waals surface area contributed by atoms with Gasteiger partial charge in [-0.25, -0.2) is 18.4 Å². The second kappa shape index (κ2) is 6.52. The minimum atomic E-state index is -3.71. The highest BCUT2D eigenvalue weighted by Gasteiger charge is 2.29. The van der Waals surface area contributed by atoms with Crippen LogP contribution in [0.4, 0.5) is 0 Å². The Bertz CT molecular complexity index is 1420. The van der Waals surface area contributed by atoms with E-state index in [-0.39, 0.29) is 5.16 Å². The second-order valence-corrected chi connectivity index (χ2v) is 9.01. The van der Waals surface area contributed by atoms with Gasteiger partial charge in [0.05, 0.1) is 27.5 Å². The van der Waals surface area contributed by atoms with Crippen LogP contribution >= 0.6 is 0 Å². The van der Waals surface area contributed by atoms with Gasteiger partial charge >= 0.3 is 0 Å². The van der Waals surface area contributed by atoms with Gasteiger partial charge in [0.2, 0.25) is 15.0 Å². The first kappa shape index (κ1) is 17.6. The molecule has 3 aromatic heterocycles. The molecule has 1 atom stereocenters. The van der Waals surface area contributed by atoms with Crippen LogP contribution in [0.2, 0.25) is 0 Å². The third kappa shape index (κ3) is 2.89. The Hall–Kier alpha value is -3.52. The summed E-state index contributed by atoms with van der Waals surface area (Å²) >= 11 is 0. The Morgan fingerprint density at radius 1 is 0.897 bits per heavy atom. The first-order chi connectivity index (χ1) is 14.0. The molecule has 0 radical (unpaired) electrons. The van der Waals surface area contributed by atoms with Gasteiger partial charge < -0.3 is 5.10 Å². The van der Waals surface area contributed by atoms with Crippen LogP contribution < -0.4 is 0 Å². The van der Waals surface area contributed by atoms with E-state index >= 15 is 0 Å². The summed E-state index contributed by atoms with van der Waals surface area (Å²) in [6.45, 7) is 1.66. The Labute approximate surface area is 166 Å². The molecule has 0 amide bonds. The first-order valence-corrected chi connectivity index (χ1v) is 10.7. The lowest BCUT2D eigenvalue weighted by Crippen LogP contribution is -2.12. The average molecular weight is 403 g/mol.